The third-order valence-electron chi connectivity index (χ3n) is 6.11. The van der Waals surface area contributed by atoms with E-state index in [1.54, 1.807) is 29.8 Å². The van der Waals surface area contributed by atoms with Crippen LogP contribution in [0.2, 0.25) is 0 Å². The molecule has 0 unspecified atom stereocenters. The van der Waals surface area contributed by atoms with Gasteiger partial charge in [-0.3, -0.25) is 24.0 Å². The molecule has 4 heterocycles. The summed E-state index contributed by atoms with van der Waals surface area (Å²) >= 11 is 0. The maximum atomic E-state index is 13.4. The Morgan fingerprint density at radius 1 is 0.941 bits per heavy atom. The van der Waals surface area contributed by atoms with Gasteiger partial charge in [-0.2, -0.15) is 0 Å². The fourth-order valence-electron chi connectivity index (χ4n) is 4.50. The Morgan fingerprint density at radius 2 is 1.76 bits per heavy atom. The summed E-state index contributed by atoms with van der Waals surface area (Å²) in [7, 11) is 0. The molecule has 0 spiro atoms. The van der Waals surface area contributed by atoms with Crippen molar-refractivity contribution < 1.29 is 9.53 Å². The lowest BCUT2D eigenvalue weighted by Gasteiger charge is -2.14. The Balaban J connectivity index is 1.38. The van der Waals surface area contributed by atoms with Crippen LogP contribution in [0.5, 0.6) is 5.75 Å². The van der Waals surface area contributed by atoms with Gasteiger partial charge in [0.2, 0.25) is 0 Å². The number of hydrogen-bond donors (Lipinski definition) is 1. The number of nitrogens with zero attached hydrogens (tertiary/aromatic N) is 3. The zero-order chi connectivity index (χ0) is 23.2. The van der Waals surface area contributed by atoms with E-state index in [1.165, 1.54) is 0 Å². The Labute approximate surface area is 194 Å². The van der Waals surface area contributed by atoms with Crippen molar-refractivity contribution >= 4 is 44.0 Å². The molecule has 0 aliphatic rings. The van der Waals surface area contributed by atoms with Crippen molar-refractivity contribution in [2.75, 3.05) is 0 Å². The number of nitrogens with one attached hydrogen (secondary N) is 1. The van der Waals surface area contributed by atoms with Gasteiger partial charge in [0.25, 0.3) is 11.5 Å². The molecule has 0 saturated heterocycles. The fourth-order valence-corrected chi connectivity index (χ4v) is 4.50. The fraction of sp³-hybridized carbons (Fsp3) is 0.111. The predicted molar refractivity (Wildman–Crippen MR) is 131 cm³/mol. The number of aromatic nitrogens is 3. The van der Waals surface area contributed by atoms with E-state index in [9.17, 15) is 9.59 Å². The summed E-state index contributed by atoms with van der Waals surface area (Å²) in [5.74, 6) is 0.317. The molecule has 6 rings (SSSR count). The summed E-state index contributed by atoms with van der Waals surface area (Å²) in [5.41, 5.74) is 3.06. The van der Waals surface area contributed by atoms with Gasteiger partial charge < -0.3 is 10.1 Å². The van der Waals surface area contributed by atoms with Crippen molar-refractivity contribution in [1.82, 2.24) is 19.7 Å². The van der Waals surface area contributed by atoms with E-state index in [4.69, 9.17) is 4.74 Å². The van der Waals surface area contributed by atoms with Crippen molar-refractivity contribution in [1.29, 1.82) is 0 Å². The highest BCUT2D eigenvalue weighted by Gasteiger charge is 2.19. The second-order valence-corrected chi connectivity index (χ2v) is 8.22. The van der Waals surface area contributed by atoms with Gasteiger partial charge in [-0.05, 0) is 49.4 Å². The quantitative estimate of drug-likeness (QED) is 0.402. The maximum absolute atomic E-state index is 13.4. The molecular weight excluding hydrogens is 428 g/mol. The Bertz CT molecular complexity index is 1740. The maximum Gasteiger partial charge on any atom is 0.263 e. The van der Waals surface area contributed by atoms with Crippen LogP contribution >= 0.6 is 0 Å². The van der Waals surface area contributed by atoms with Crippen LogP contribution in [0, 0.1) is 0 Å². The molecule has 1 atom stereocenters. The van der Waals surface area contributed by atoms with Crippen molar-refractivity contribution in [3.63, 3.8) is 0 Å². The van der Waals surface area contributed by atoms with E-state index in [0.717, 1.165) is 38.4 Å². The van der Waals surface area contributed by atoms with Gasteiger partial charge in [-0.25, -0.2) is 0 Å². The summed E-state index contributed by atoms with van der Waals surface area (Å²) in [6.45, 7) is 2.04. The smallest absolute Gasteiger partial charge is 0.263 e. The zero-order valence-electron chi connectivity index (χ0n) is 18.4. The molecule has 0 aliphatic heterocycles. The van der Waals surface area contributed by atoms with E-state index in [1.807, 2.05) is 60.7 Å². The van der Waals surface area contributed by atoms with Gasteiger partial charge >= 0.3 is 0 Å². The summed E-state index contributed by atoms with van der Waals surface area (Å²) < 4.78 is 7.68. The van der Waals surface area contributed by atoms with Crippen LogP contribution in [-0.4, -0.2) is 26.4 Å². The largest absolute Gasteiger partial charge is 0.481 e. The van der Waals surface area contributed by atoms with Crippen molar-refractivity contribution in [2.24, 2.45) is 0 Å². The van der Waals surface area contributed by atoms with Crippen molar-refractivity contribution in [3.05, 3.63) is 95.2 Å². The monoisotopic (exact) mass is 448 g/mol. The van der Waals surface area contributed by atoms with Crippen LogP contribution in [-0.2, 0) is 11.3 Å². The minimum absolute atomic E-state index is 0.0768. The van der Waals surface area contributed by atoms with Gasteiger partial charge in [0, 0.05) is 33.9 Å². The molecule has 6 aromatic rings. The molecule has 4 aromatic heterocycles. The average Bonchev–Trinajstić information content (AvgIpc) is 3.21. The number of ether oxygens (including phenoxy) is 1. The molecule has 1 amide bonds. The summed E-state index contributed by atoms with van der Waals surface area (Å²) in [5, 5.41) is 6.10. The molecule has 0 saturated carbocycles. The number of benzene rings is 2. The first-order chi connectivity index (χ1) is 16.6. The second-order valence-electron chi connectivity index (χ2n) is 8.22. The minimum Gasteiger partial charge on any atom is -0.481 e. The first kappa shape index (κ1) is 20.1. The van der Waals surface area contributed by atoms with E-state index in [2.05, 4.69) is 15.3 Å². The number of carbonyl (C=O) groups is 1. The molecule has 1 N–H and O–H groups in total. The van der Waals surface area contributed by atoms with E-state index in [-0.39, 0.29) is 11.5 Å². The topological polar surface area (TPSA) is 85.6 Å². The lowest BCUT2D eigenvalue weighted by atomic mass is 10.1. The van der Waals surface area contributed by atoms with E-state index < -0.39 is 6.10 Å². The Morgan fingerprint density at radius 3 is 2.59 bits per heavy atom. The minimum atomic E-state index is -0.701. The van der Waals surface area contributed by atoms with Gasteiger partial charge in [-0.15, -0.1) is 0 Å². The number of fused-ring (bicyclic) bond motifs is 5. The van der Waals surface area contributed by atoms with Gasteiger partial charge in [0.1, 0.15) is 5.75 Å². The number of amides is 1. The lowest BCUT2D eigenvalue weighted by molar-refractivity contribution is -0.127. The van der Waals surface area contributed by atoms with Crippen molar-refractivity contribution in [3.8, 4) is 5.75 Å². The molecule has 7 heteroatoms. The van der Waals surface area contributed by atoms with Crippen LogP contribution in [0.25, 0.3) is 38.1 Å². The number of rotatable bonds is 5. The first-order valence-electron chi connectivity index (χ1n) is 11.0. The normalized spacial score (nSPS) is 12.5. The highest BCUT2D eigenvalue weighted by Crippen LogP contribution is 2.34. The molecule has 2 aromatic carbocycles. The molecule has 0 radical (unpaired) electrons. The van der Waals surface area contributed by atoms with Crippen LogP contribution in [0.4, 0.5) is 0 Å². The highest BCUT2D eigenvalue weighted by atomic mass is 16.5. The predicted octanol–water partition coefficient (Wildman–Crippen LogP) is 4.07. The van der Waals surface area contributed by atoms with Gasteiger partial charge in [-0.1, -0.05) is 24.3 Å². The standard InChI is InChI=1S/C27H20N4O3/c1-16(26(32)30-15-17-6-4-5-12-28-17)34-18-9-10-23-22(14-18)20-11-13-29-24-19-7-2-3-8-21(19)27(33)31(23)25(20)24/h2-14,16H,15H2,1H3,(H,30,32)/t16-/m1/s1. The van der Waals surface area contributed by atoms with Crippen LogP contribution in [0.1, 0.15) is 12.6 Å². The summed E-state index contributed by atoms with van der Waals surface area (Å²) in [6, 6.07) is 20.5. The van der Waals surface area contributed by atoms with E-state index in [0.29, 0.717) is 17.7 Å². The number of hydrogen-bond acceptors (Lipinski definition) is 5. The van der Waals surface area contributed by atoms with Crippen molar-refractivity contribution in [2.45, 2.75) is 19.6 Å². The molecular formula is C27H20N4O3. The highest BCUT2D eigenvalue weighted by molar-refractivity contribution is 6.18. The zero-order valence-corrected chi connectivity index (χ0v) is 18.4. The molecule has 166 valence electrons. The van der Waals surface area contributed by atoms with Gasteiger partial charge in [0.15, 0.2) is 6.10 Å². The first-order valence-corrected chi connectivity index (χ1v) is 11.0. The molecule has 34 heavy (non-hydrogen) atoms. The van der Waals surface area contributed by atoms with Gasteiger partial charge in [0.05, 0.1) is 28.8 Å². The van der Waals surface area contributed by atoms with Crippen LogP contribution in [0.15, 0.2) is 83.9 Å². The molecule has 0 aliphatic carbocycles. The Kier molecular flexibility index (Phi) is 4.62. The molecule has 0 fully saturated rings. The van der Waals surface area contributed by atoms with E-state index >= 15 is 0 Å². The third kappa shape index (κ3) is 3.13. The Hall–Kier alpha value is -4.52. The third-order valence-corrected chi connectivity index (χ3v) is 6.11. The average molecular weight is 448 g/mol. The second kappa shape index (κ2) is 7.81. The van der Waals surface area contributed by atoms with Crippen LogP contribution < -0.4 is 15.6 Å². The summed E-state index contributed by atoms with van der Waals surface area (Å²) in [6.07, 6.45) is 2.75. The molecule has 0 bridgehead atoms. The summed E-state index contributed by atoms with van der Waals surface area (Å²) in [4.78, 5) is 34.7. The molecule has 7 nitrogen and oxygen atoms in total. The number of pyridine rings is 3. The SMILES string of the molecule is C[C@@H](Oc1ccc2c(c1)c1ccnc3c4ccccc4c(=O)n2c13)C(=O)NCc1ccccn1. The number of carbonyl (C=O) groups excluding carboxylic acids is 1. The lowest BCUT2D eigenvalue weighted by Crippen LogP contribution is -2.36. The van der Waals surface area contributed by atoms with Crippen LogP contribution in [0.3, 0.4) is 0 Å².